The van der Waals surface area contributed by atoms with Gasteiger partial charge >= 0.3 is 0 Å². The molecular weight excluding hydrogens is 180 g/mol. The number of hydrogen-bond acceptors (Lipinski definition) is 3. The molecule has 6 atom stereocenters. The third kappa shape index (κ3) is 1.03. The van der Waals surface area contributed by atoms with Crippen molar-refractivity contribution >= 4 is 0 Å². The fraction of sp³-hybridized carbons (Fsp3) is 1.00. The highest BCUT2D eigenvalue weighted by Crippen LogP contribution is 2.53. The average molecular weight is 198 g/mol. The number of rotatable bonds is 0. The minimum Gasteiger partial charge on any atom is -0.371 e. The lowest BCUT2D eigenvalue weighted by Gasteiger charge is -2.37. The molecule has 0 aromatic carbocycles. The van der Waals surface area contributed by atoms with Crippen LogP contribution in [0.3, 0.4) is 0 Å². The molecule has 1 aliphatic carbocycles. The van der Waals surface area contributed by atoms with E-state index in [0.717, 1.165) is 12.8 Å². The molecule has 3 heteroatoms. The van der Waals surface area contributed by atoms with Crippen molar-refractivity contribution in [3.63, 3.8) is 0 Å². The predicted octanol–water partition coefficient (Wildman–Crippen LogP) is 1.30. The van der Waals surface area contributed by atoms with Crippen LogP contribution in [0.5, 0.6) is 0 Å². The molecule has 0 aromatic rings. The molecule has 3 nitrogen and oxygen atoms in total. The van der Waals surface area contributed by atoms with Crippen LogP contribution in [0.4, 0.5) is 0 Å². The van der Waals surface area contributed by atoms with E-state index in [1.54, 1.807) is 0 Å². The van der Waals surface area contributed by atoms with E-state index in [9.17, 15) is 5.11 Å². The van der Waals surface area contributed by atoms with Gasteiger partial charge in [0.1, 0.15) is 5.60 Å². The van der Waals surface area contributed by atoms with E-state index in [0.29, 0.717) is 24.4 Å². The zero-order valence-corrected chi connectivity index (χ0v) is 8.77. The van der Waals surface area contributed by atoms with Gasteiger partial charge in [-0.15, -0.1) is 0 Å². The number of ether oxygens (including phenoxy) is 2. The molecule has 3 rings (SSSR count). The molecule has 1 N–H and O–H groups in total. The van der Waals surface area contributed by atoms with E-state index in [-0.39, 0.29) is 11.7 Å². The summed E-state index contributed by atoms with van der Waals surface area (Å²) in [5.41, 5.74) is -0.143. The fourth-order valence-corrected chi connectivity index (χ4v) is 3.42. The second kappa shape index (κ2) is 2.71. The van der Waals surface area contributed by atoms with Crippen molar-refractivity contribution < 1.29 is 14.6 Å². The Balaban J connectivity index is 1.90. The van der Waals surface area contributed by atoms with Crippen LogP contribution in [0.25, 0.3) is 0 Å². The Morgan fingerprint density at radius 2 is 2.07 bits per heavy atom. The third-order valence-corrected chi connectivity index (χ3v) is 4.41. The van der Waals surface area contributed by atoms with Gasteiger partial charge in [0.2, 0.25) is 0 Å². The lowest BCUT2D eigenvalue weighted by molar-refractivity contribution is -0.153. The van der Waals surface area contributed by atoms with Crippen molar-refractivity contribution in [1.29, 1.82) is 0 Å². The summed E-state index contributed by atoms with van der Waals surface area (Å²) in [6.07, 6.45) is 2.61. The number of aliphatic hydroxyl groups is 1. The first-order chi connectivity index (χ1) is 6.61. The van der Waals surface area contributed by atoms with Gasteiger partial charge in [0.05, 0.1) is 12.2 Å². The van der Waals surface area contributed by atoms with Gasteiger partial charge < -0.3 is 14.6 Å². The normalized spacial score (nSPS) is 61.5. The summed E-state index contributed by atoms with van der Waals surface area (Å²) in [6, 6.07) is 0. The molecule has 1 unspecified atom stereocenters. The maximum atomic E-state index is 9.49. The molecule has 2 aliphatic heterocycles. The van der Waals surface area contributed by atoms with Gasteiger partial charge in [0.25, 0.3) is 0 Å². The lowest BCUT2D eigenvalue weighted by Crippen LogP contribution is -2.42. The summed E-state index contributed by atoms with van der Waals surface area (Å²) in [5.74, 6) is 1.27. The topological polar surface area (TPSA) is 38.7 Å². The molecule has 1 saturated carbocycles. The van der Waals surface area contributed by atoms with Crippen molar-refractivity contribution in [1.82, 2.24) is 0 Å². The monoisotopic (exact) mass is 198 g/mol. The second-order valence-corrected chi connectivity index (χ2v) is 5.28. The summed E-state index contributed by atoms with van der Waals surface area (Å²) in [5, 5.41) is 9.49. The summed E-state index contributed by atoms with van der Waals surface area (Å²) in [7, 11) is 0. The molecule has 0 radical (unpaired) electrons. The van der Waals surface area contributed by atoms with E-state index in [2.05, 4.69) is 13.8 Å². The molecule has 3 aliphatic rings. The lowest BCUT2D eigenvalue weighted by atomic mass is 9.72. The molecule has 0 aromatic heterocycles. The van der Waals surface area contributed by atoms with E-state index in [1.165, 1.54) is 0 Å². The quantitative estimate of drug-likeness (QED) is 0.637. The first-order valence-electron chi connectivity index (χ1n) is 5.62. The molecule has 3 fully saturated rings. The Morgan fingerprint density at radius 1 is 1.29 bits per heavy atom. The SMILES string of the molecule is C[C@@H]1[C@H](C)C[C@]23C[C@H]1O[C@H]2CC(O)O3. The van der Waals surface area contributed by atoms with Gasteiger partial charge in [-0.05, 0) is 18.3 Å². The summed E-state index contributed by atoms with van der Waals surface area (Å²) >= 11 is 0. The fourth-order valence-electron chi connectivity index (χ4n) is 3.42. The van der Waals surface area contributed by atoms with Crippen LogP contribution in [0, 0.1) is 11.8 Å². The minimum atomic E-state index is -0.596. The summed E-state index contributed by atoms with van der Waals surface area (Å²) in [4.78, 5) is 0. The van der Waals surface area contributed by atoms with Crippen LogP contribution in [0.2, 0.25) is 0 Å². The van der Waals surface area contributed by atoms with Crippen LogP contribution in [0.15, 0.2) is 0 Å². The molecule has 80 valence electrons. The molecule has 2 bridgehead atoms. The van der Waals surface area contributed by atoms with Crippen molar-refractivity contribution in [2.75, 3.05) is 0 Å². The Hall–Kier alpha value is -0.120. The van der Waals surface area contributed by atoms with Crippen LogP contribution in [-0.2, 0) is 9.47 Å². The van der Waals surface area contributed by atoms with Crippen molar-refractivity contribution in [2.45, 2.75) is 57.2 Å². The van der Waals surface area contributed by atoms with E-state index in [4.69, 9.17) is 9.47 Å². The zero-order valence-electron chi connectivity index (χ0n) is 8.77. The highest BCUT2D eigenvalue weighted by Gasteiger charge is 2.60. The van der Waals surface area contributed by atoms with Crippen LogP contribution in [-0.4, -0.2) is 29.2 Å². The Bertz CT molecular complexity index is 255. The zero-order chi connectivity index (χ0) is 9.92. The van der Waals surface area contributed by atoms with Gasteiger partial charge in [-0.1, -0.05) is 13.8 Å². The molecule has 1 spiro atoms. The molecule has 2 heterocycles. The average Bonchev–Trinajstić information content (AvgIpc) is 2.51. The highest BCUT2D eigenvalue weighted by molar-refractivity contribution is 5.07. The summed E-state index contributed by atoms with van der Waals surface area (Å²) < 4.78 is 11.7. The first kappa shape index (κ1) is 9.13. The number of aliphatic hydroxyl groups excluding tert-OH is 1. The van der Waals surface area contributed by atoms with Gasteiger partial charge in [-0.2, -0.15) is 0 Å². The number of hydrogen-bond donors (Lipinski definition) is 1. The molecule has 14 heavy (non-hydrogen) atoms. The maximum absolute atomic E-state index is 9.49. The number of fused-ring (bicyclic) bond motifs is 1. The third-order valence-electron chi connectivity index (χ3n) is 4.41. The second-order valence-electron chi connectivity index (χ2n) is 5.28. The van der Waals surface area contributed by atoms with Gasteiger partial charge in [-0.25, -0.2) is 0 Å². The molecule has 0 amide bonds. The van der Waals surface area contributed by atoms with E-state index < -0.39 is 6.29 Å². The Morgan fingerprint density at radius 3 is 2.86 bits per heavy atom. The minimum absolute atomic E-state index is 0.143. The van der Waals surface area contributed by atoms with Crippen LogP contribution < -0.4 is 0 Å². The largest absolute Gasteiger partial charge is 0.371 e. The van der Waals surface area contributed by atoms with Crippen molar-refractivity contribution in [3.8, 4) is 0 Å². The van der Waals surface area contributed by atoms with Gasteiger partial charge in [-0.3, -0.25) is 0 Å². The molecule has 2 saturated heterocycles. The molecular formula is C11H18O3. The van der Waals surface area contributed by atoms with Crippen molar-refractivity contribution in [3.05, 3.63) is 0 Å². The van der Waals surface area contributed by atoms with Gasteiger partial charge in [0.15, 0.2) is 6.29 Å². The maximum Gasteiger partial charge on any atom is 0.158 e. The van der Waals surface area contributed by atoms with E-state index in [1.807, 2.05) is 0 Å². The van der Waals surface area contributed by atoms with Gasteiger partial charge in [0, 0.05) is 12.8 Å². The Labute approximate surface area is 84.4 Å². The van der Waals surface area contributed by atoms with Crippen LogP contribution >= 0.6 is 0 Å². The smallest absolute Gasteiger partial charge is 0.158 e. The highest BCUT2D eigenvalue weighted by atomic mass is 16.7. The standard InChI is InChI=1S/C11H18O3/c1-6-4-11-5-8(7(6)2)13-9(11)3-10(12)14-11/h6-10,12H,3-5H2,1-2H3/t6-,7-,8-,9+,10?,11+/m1/s1. The predicted molar refractivity (Wildman–Crippen MR) is 50.7 cm³/mol. The Kier molecular flexibility index (Phi) is 1.77. The van der Waals surface area contributed by atoms with E-state index >= 15 is 0 Å². The first-order valence-corrected chi connectivity index (χ1v) is 5.62. The van der Waals surface area contributed by atoms with Crippen molar-refractivity contribution in [2.24, 2.45) is 11.8 Å². The van der Waals surface area contributed by atoms with Crippen LogP contribution in [0.1, 0.15) is 33.1 Å². The summed E-state index contributed by atoms with van der Waals surface area (Å²) in [6.45, 7) is 4.53.